The summed E-state index contributed by atoms with van der Waals surface area (Å²) >= 11 is 0. The Morgan fingerprint density at radius 2 is 1.45 bits per heavy atom. The van der Waals surface area contributed by atoms with E-state index in [1.807, 2.05) is 6.92 Å². The van der Waals surface area contributed by atoms with E-state index in [0.717, 1.165) is 25.2 Å². The van der Waals surface area contributed by atoms with Gasteiger partial charge in [-0.2, -0.15) is 0 Å². The number of allylic oxidation sites excluding steroid dienone is 1. The van der Waals surface area contributed by atoms with E-state index >= 15 is 0 Å². The van der Waals surface area contributed by atoms with Gasteiger partial charge in [0.25, 0.3) is 0 Å². The van der Waals surface area contributed by atoms with Crippen molar-refractivity contribution >= 4 is 0 Å². The molecule has 1 aromatic rings. The minimum atomic E-state index is 0.739. The lowest BCUT2D eigenvalue weighted by atomic mass is 10.0. The van der Waals surface area contributed by atoms with Crippen LogP contribution in [0.5, 0.6) is 0 Å². The molecule has 0 heterocycles. The van der Waals surface area contributed by atoms with Crippen LogP contribution in [0.1, 0.15) is 77.3 Å². The molecule has 126 valence electrons. The zero-order valence-corrected chi connectivity index (χ0v) is 15.3. The molecule has 1 aromatic carbocycles. The van der Waals surface area contributed by atoms with Crippen LogP contribution in [0.2, 0.25) is 0 Å². The van der Waals surface area contributed by atoms with Crippen LogP contribution in [0.25, 0.3) is 0 Å². The first-order chi connectivity index (χ1) is 10.7. The maximum absolute atomic E-state index is 5.34. The fraction of sp³-hybridized carbons (Fsp3) is 0.619. The quantitative estimate of drug-likeness (QED) is 0.345. The first-order valence-corrected chi connectivity index (χ1v) is 9.06. The standard InChI is InChI=1S/C17H26O.C4H10/c1-4-16-11-13-17(14-12-16)10-8-6-7-9-15(3)18-5-2;1-3-4-2/h11-14H,3-10H2,1-2H3;3-4H2,1-2H3. The van der Waals surface area contributed by atoms with Crippen LogP contribution in [0.4, 0.5) is 0 Å². The third-order valence-electron chi connectivity index (χ3n) is 3.70. The highest BCUT2D eigenvalue weighted by Gasteiger charge is 1.97. The van der Waals surface area contributed by atoms with Crippen molar-refractivity contribution in [2.75, 3.05) is 6.61 Å². The van der Waals surface area contributed by atoms with Gasteiger partial charge in [0.05, 0.1) is 12.4 Å². The molecule has 0 amide bonds. The summed E-state index contributed by atoms with van der Waals surface area (Å²) in [5.41, 5.74) is 2.88. The Balaban J connectivity index is 0.000000980. The first-order valence-electron chi connectivity index (χ1n) is 9.06. The van der Waals surface area contributed by atoms with E-state index in [2.05, 4.69) is 51.6 Å². The van der Waals surface area contributed by atoms with Crippen molar-refractivity contribution in [2.24, 2.45) is 0 Å². The molecule has 0 bridgehead atoms. The molecule has 1 nitrogen and oxygen atoms in total. The lowest BCUT2D eigenvalue weighted by Crippen LogP contribution is -1.91. The summed E-state index contributed by atoms with van der Waals surface area (Å²) in [6, 6.07) is 9.01. The predicted octanol–water partition coefficient (Wildman–Crippen LogP) is 6.71. The highest BCUT2D eigenvalue weighted by atomic mass is 16.5. The summed E-state index contributed by atoms with van der Waals surface area (Å²) in [6.45, 7) is 13.2. The van der Waals surface area contributed by atoms with Crippen LogP contribution in [-0.2, 0) is 17.6 Å². The van der Waals surface area contributed by atoms with Crippen molar-refractivity contribution in [1.82, 2.24) is 0 Å². The lowest BCUT2D eigenvalue weighted by Gasteiger charge is -2.06. The molecule has 0 N–H and O–H groups in total. The fourth-order valence-electron chi connectivity index (χ4n) is 2.05. The van der Waals surface area contributed by atoms with Crippen LogP contribution >= 0.6 is 0 Å². The molecule has 1 rings (SSSR count). The number of rotatable bonds is 10. The van der Waals surface area contributed by atoms with Crippen molar-refractivity contribution in [1.29, 1.82) is 0 Å². The molecular weight excluding hydrogens is 268 g/mol. The third-order valence-corrected chi connectivity index (χ3v) is 3.70. The highest BCUT2D eigenvalue weighted by Crippen LogP contribution is 2.12. The SMILES string of the molecule is C=C(CCCCCc1ccc(CC)cc1)OCC.CCCC. The van der Waals surface area contributed by atoms with Gasteiger partial charge >= 0.3 is 0 Å². The van der Waals surface area contributed by atoms with E-state index in [0.29, 0.717) is 0 Å². The average molecular weight is 305 g/mol. The Bertz CT molecular complexity index is 362. The van der Waals surface area contributed by atoms with Crippen LogP contribution < -0.4 is 0 Å². The number of hydrogen-bond donors (Lipinski definition) is 0. The average Bonchev–Trinajstić information content (AvgIpc) is 2.55. The summed E-state index contributed by atoms with van der Waals surface area (Å²) in [5, 5.41) is 0. The van der Waals surface area contributed by atoms with E-state index in [1.54, 1.807) is 0 Å². The summed E-state index contributed by atoms with van der Waals surface area (Å²) in [4.78, 5) is 0. The summed E-state index contributed by atoms with van der Waals surface area (Å²) in [7, 11) is 0. The highest BCUT2D eigenvalue weighted by molar-refractivity contribution is 5.22. The largest absolute Gasteiger partial charge is 0.499 e. The van der Waals surface area contributed by atoms with Crippen LogP contribution in [-0.4, -0.2) is 6.61 Å². The fourth-order valence-corrected chi connectivity index (χ4v) is 2.05. The molecule has 0 aliphatic heterocycles. The minimum Gasteiger partial charge on any atom is -0.499 e. The Kier molecular flexibility index (Phi) is 13.9. The summed E-state index contributed by atoms with van der Waals surface area (Å²) in [5.74, 6) is 0.935. The van der Waals surface area contributed by atoms with Crippen LogP contribution in [0.15, 0.2) is 36.6 Å². The normalized spacial score (nSPS) is 9.82. The van der Waals surface area contributed by atoms with Crippen molar-refractivity contribution in [3.05, 3.63) is 47.7 Å². The number of benzene rings is 1. The summed E-state index contributed by atoms with van der Waals surface area (Å²) in [6.07, 6.45) is 9.64. The lowest BCUT2D eigenvalue weighted by molar-refractivity contribution is 0.218. The summed E-state index contributed by atoms with van der Waals surface area (Å²) < 4.78 is 5.34. The second-order valence-electron chi connectivity index (χ2n) is 5.70. The molecule has 0 saturated carbocycles. The topological polar surface area (TPSA) is 9.23 Å². The van der Waals surface area contributed by atoms with Gasteiger partial charge in [-0.25, -0.2) is 0 Å². The number of ether oxygens (including phenoxy) is 1. The van der Waals surface area contributed by atoms with Gasteiger partial charge in [0.1, 0.15) is 0 Å². The second kappa shape index (κ2) is 14.7. The van der Waals surface area contributed by atoms with Gasteiger partial charge in [-0.05, 0) is 43.7 Å². The smallest absolute Gasteiger partial charge is 0.0888 e. The van der Waals surface area contributed by atoms with Gasteiger partial charge in [-0.15, -0.1) is 0 Å². The van der Waals surface area contributed by atoms with E-state index in [1.165, 1.54) is 49.7 Å². The monoisotopic (exact) mass is 304 g/mol. The van der Waals surface area contributed by atoms with Gasteiger partial charge < -0.3 is 4.74 Å². The van der Waals surface area contributed by atoms with Crippen molar-refractivity contribution in [3.8, 4) is 0 Å². The van der Waals surface area contributed by atoms with Crippen LogP contribution in [0, 0.1) is 0 Å². The zero-order chi connectivity index (χ0) is 16.6. The molecule has 0 fully saturated rings. The molecule has 1 heteroatoms. The van der Waals surface area contributed by atoms with Gasteiger partial charge in [0.15, 0.2) is 0 Å². The molecule has 0 aromatic heterocycles. The Labute approximate surface area is 138 Å². The molecule has 0 aliphatic carbocycles. The maximum Gasteiger partial charge on any atom is 0.0888 e. The van der Waals surface area contributed by atoms with E-state index < -0.39 is 0 Å². The Morgan fingerprint density at radius 3 is 1.95 bits per heavy atom. The molecule has 22 heavy (non-hydrogen) atoms. The maximum atomic E-state index is 5.34. The molecule has 0 spiro atoms. The van der Waals surface area contributed by atoms with E-state index in [-0.39, 0.29) is 0 Å². The third kappa shape index (κ3) is 11.4. The van der Waals surface area contributed by atoms with Crippen molar-refractivity contribution < 1.29 is 4.74 Å². The molecular formula is C21H36O. The number of hydrogen-bond acceptors (Lipinski definition) is 1. The Hall–Kier alpha value is -1.24. The van der Waals surface area contributed by atoms with Crippen molar-refractivity contribution in [2.45, 2.75) is 79.1 Å². The van der Waals surface area contributed by atoms with Gasteiger partial charge in [-0.1, -0.05) is 70.9 Å². The van der Waals surface area contributed by atoms with Gasteiger partial charge in [0, 0.05) is 6.42 Å². The van der Waals surface area contributed by atoms with Crippen LogP contribution in [0.3, 0.4) is 0 Å². The molecule has 0 unspecified atom stereocenters. The van der Waals surface area contributed by atoms with E-state index in [9.17, 15) is 0 Å². The molecule has 0 aliphatic rings. The Morgan fingerprint density at radius 1 is 0.864 bits per heavy atom. The van der Waals surface area contributed by atoms with Crippen molar-refractivity contribution in [3.63, 3.8) is 0 Å². The number of aryl methyl sites for hydroxylation is 2. The predicted molar refractivity (Wildman–Crippen MR) is 99.3 cm³/mol. The first kappa shape index (κ1) is 20.8. The zero-order valence-electron chi connectivity index (χ0n) is 15.3. The van der Waals surface area contributed by atoms with Gasteiger partial charge in [0.2, 0.25) is 0 Å². The molecule has 0 atom stereocenters. The van der Waals surface area contributed by atoms with E-state index in [4.69, 9.17) is 4.74 Å². The van der Waals surface area contributed by atoms with Gasteiger partial charge in [-0.3, -0.25) is 0 Å². The second-order valence-corrected chi connectivity index (χ2v) is 5.70. The number of unbranched alkanes of at least 4 members (excludes halogenated alkanes) is 3. The molecule has 0 radical (unpaired) electrons. The minimum absolute atomic E-state index is 0.739. The molecule has 0 saturated heterocycles.